The van der Waals surface area contributed by atoms with Crippen molar-refractivity contribution in [1.82, 2.24) is 4.90 Å². The van der Waals surface area contributed by atoms with Crippen molar-refractivity contribution in [3.8, 4) is 11.1 Å². The molecule has 4 nitrogen and oxygen atoms in total. The van der Waals surface area contributed by atoms with E-state index >= 15 is 0 Å². The summed E-state index contributed by atoms with van der Waals surface area (Å²) in [4.78, 5) is 14.8. The van der Waals surface area contributed by atoms with Crippen molar-refractivity contribution in [3.63, 3.8) is 0 Å². The molecule has 1 fully saturated rings. The number of aliphatic hydroxyl groups excluding tert-OH is 1. The van der Waals surface area contributed by atoms with Gasteiger partial charge >= 0.3 is 6.09 Å². The third-order valence-corrected chi connectivity index (χ3v) is 6.42. The molecule has 1 unspecified atom stereocenters. The van der Waals surface area contributed by atoms with E-state index in [9.17, 15) is 18.7 Å². The van der Waals surface area contributed by atoms with Crippen LogP contribution in [-0.2, 0) is 10.3 Å². The number of rotatable bonds is 7. The minimum atomic E-state index is -0.749. The molecule has 33 heavy (non-hydrogen) atoms. The van der Waals surface area contributed by atoms with Gasteiger partial charge in [0.2, 0.25) is 0 Å². The molecule has 0 spiro atoms. The van der Waals surface area contributed by atoms with Gasteiger partial charge in [-0.05, 0) is 48.6 Å². The van der Waals surface area contributed by atoms with Gasteiger partial charge in [-0.3, -0.25) is 0 Å². The number of carbonyl (C=O) groups excluding carboxylic acids is 1. The second kappa shape index (κ2) is 9.71. The van der Waals surface area contributed by atoms with Crippen molar-refractivity contribution in [3.05, 3.63) is 95.6 Å². The summed E-state index contributed by atoms with van der Waals surface area (Å²) in [5, 5.41) is 9.36. The van der Waals surface area contributed by atoms with Crippen LogP contribution in [0.25, 0.3) is 11.1 Å². The number of halogens is 2. The molecule has 1 saturated heterocycles. The van der Waals surface area contributed by atoms with Gasteiger partial charge in [0.15, 0.2) is 0 Å². The van der Waals surface area contributed by atoms with Gasteiger partial charge in [-0.15, -0.1) is 0 Å². The van der Waals surface area contributed by atoms with Crippen LogP contribution in [0.2, 0.25) is 0 Å². The predicted molar refractivity (Wildman–Crippen MR) is 122 cm³/mol. The summed E-state index contributed by atoms with van der Waals surface area (Å²) in [5.41, 5.74) is 2.04. The fraction of sp³-hybridized carbons (Fsp3) is 0.296. The van der Waals surface area contributed by atoms with E-state index in [2.05, 4.69) is 0 Å². The van der Waals surface area contributed by atoms with Crippen LogP contribution in [0.15, 0.2) is 72.8 Å². The molecular weight excluding hydrogens is 424 g/mol. The second-order valence-electron chi connectivity index (χ2n) is 8.42. The van der Waals surface area contributed by atoms with Gasteiger partial charge < -0.3 is 14.7 Å². The van der Waals surface area contributed by atoms with Gasteiger partial charge in [0.1, 0.15) is 17.2 Å². The van der Waals surface area contributed by atoms with Gasteiger partial charge in [-0.2, -0.15) is 0 Å². The summed E-state index contributed by atoms with van der Waals surface area (Å²) in [6.45, 7) is 2.47. The fourth-order valence-electron chi connectivity index (χ4n) is 4.50. The Labute approximate surface area is 192 Å². The number of nitrogens with zero attached hydrogens (tertiary/aromatic N) is 1. The fourth-order valence-corrected chi connectivity index (χ4v) is 4.50. The molecule has 1 N–H and O–H groups in total. The van der Waals surface area contributed by atoms with E-state index in [0.717, 1.165) is 17.2 Å². The first-order valence-corrected chi connectivity index (χ1v) is 11.1. The first-order valence-electron chi connectivity index (χ1n) is 11.1. The minimum absolute atomic E-state index is 0.0350. The molecule has 1 amide bonds. The molecule has 1 aliphatic rings. The lowest BCUT2D eigenvalue weighted by Crippen LogP contribution is -2.48. The average molecular weight is 452 g/mol. The van der Waals surface area contributed by atoms with Gasteiger partial charge in [-0.1, -0.05) is 54.6 Å². The zero-order valence-corrected chi connectivity index (χ0v) is 18.5. The lowest BCUT2D eigenvalue weighted by atomic mass is 9.84. The number of aliphatic hydroxyl groups is 1. The summed E-state index contributed by atoms with van der Waals surface area (Å²) >= 11 is 0. The molecule has 0 saturated carbocycles. The van der Waals surface area contributed by atoms with E-state index in [0.29, 0.717) is 36.9 Å². The number of benzene rings is 3. The molecule has 172 valence electrons. The second-order valence-corrected chi connectivity index (χ2v) is 8.42. The number of carbonyl (C=O) groups is 1. The summed E-state index contributed by atoms with van der Waals surface area (Å²) < 4.78 is 33.3. The summed E-state index contributed by atoms with van der Waals surface area (Å²) in [6.07, 6.45) is 1.31. The third-order valence-electron chi connectivity index (χ3n) is 6.42. The predicted octanol–water partition coefficient (Wildman–Crippen LogP) is 6.20. The minimum Gasteiger partial charge on any atom is -0.438 e. The van der Waals surface area contributed by atoms with Crippen LogP contribution in [0.4, 0.5) is 13.6 Å². The van der Waals surface area contributed by atoms with E-state index in [1.54, 1.807) is 17.0 Å². The lowest BCUT2D eigenvalue weighted by molar-refractivity contribution is -0.0680. The molecule has 3 aromatic rings. The number of hydrogen-bond acceptors (Lipinski definition) is 3. The van der Waals surface area contributed by atoms with Crippen LogP contribution >= 0.6 is 0 Å². The van der Waals surface area contributed by atoms with Crippen LogP contribution in [0.5, 0.6) is 0 Å². The van der Waals surface area contributed by atoms with E-state index in [1.807, 2.05) is 49.4 Å². The number of amides is 1. The maximum atomic E-state index is 14.1. The van der Waals surface area contributed by atoms with Crippen molar-refractivity contribution in [2.75, 3.05) is 13.2 Å². The average Bonchev–Trinajstić information content (AvgIpc) is 2.83. The molecule has 1 aliphatic heterocycles. The molecule has 0 aliphatic carbocycles. The Kier molecular flexibility index (Phi) is 6.75. The Balaban J connectivity index is 1.51. The first kappa shape index (κ1) is 22.9. The van der Waals surface area contributed by atoms with Crippen molar-refractivity contribution in [2.45, 2.75) is 37.8 Å². The van der Waals surface area contributed by atoms with Gasteiger partial charge in [-0.25, -0.2) is 13.6 Å². The molecule has 4 rings (SSSR count). The molecule has 0 aromatic heterocycles. The monoisotopic (exact) mass is 451 g/mol. The lowest BCUT2D eigenvalue weighted by Gasteiger charge is -2.43. The molecule has 3 aromatic carbocycles. The van der Waals surface area contributed by atoms with Crippen molar-refractivity contribution >= 4 is 6.09 Å². The number of ether oxygens (including phenoxy) is 1. The Morgan fingerprint density at radius 1 is 1.06 bits per heavy atom. The normalized spacial score (nSPS) is 19.3. The first-order chi connectivity index (χ1) is 15.9. The molecule has 0 bridgehead atoms. The largest absolute Gasteiger partial charge is 0.438 e. The highest BCUT2D eigenvalue weighted by Crippen LogP contribution is 2.40. The van der Waals surface area contributed by atoms with Crippen molar-refractivity contribution < 1.29 is 23.4 Å². The van der Waals surface area contributed by atoms with Gasteiger partial charge in [0, 0.05) is 31.2 Å². The van der Waals surface area contributed by atoms with Gasteiger partial charge in [0.25, 0.3) is 0 Å². The Hall–Kier alpha value is -3.25. The molecule has 6 heteroatoms. The maximum Gasteiger partial charge on any atom is 0.411 e. The Bertz CT molecular complexity index is 1100. The highest BCUT2D eigenvalue weighted by atomic mass is 19.1. The molecule has 0 radical (unpaired) electrons. The SMILES string of the molecule is C[C@@H](c1ccc(-c2ccc(F)cc2F)cc1)N1CCC(CCCO)(c2ccccc2)OC1=O. The molecule has 2 atom stereocenters. The highest BCUT2D eigenvalue weighted by Gasteiger charge is 2.43. The third kappa shape index (κ3) is 4.76. The zero-order chi connectivity index (χ0) is 23.4. The van der Waals surface area contributed by atoms with Crippen LogP contribution in [0.1, 0.15) is 43.4 Å². The van der Waals surface area contributed by atoms with Crippen molar-refractivity contribution in [2.24, 2.45) is 0 Å². The van der Waals surface area contributed by atoms with E-state index < -0.39 is 23.3 Å². The van der Waals surface area contributed by atoms with E-state index in [4.69, 9.17) is 4.74 Å². The molecule has 1 heterocycles. The van der Waals surface area contributed by atoms with Crippen LogP contribution < -0.4 is 0 Å². The maximum absolute atomic E-state index is 14.1. The quantitative estimate of drug-likeness (QED) is 0.465. The van der Waals surface area contributed by atoms with Crippen molar-refractivity contribution in [1.29, 1.82) is 0 Å². The number of hydrogen-bond donors (Lipinski definition) is 1. The number of cyclic esters (lactones) is 1. The van der Waals surface area contributed by atoms with E-state index in [-0.39, 0.29) is 12.6 Å². The summed E-state index contributed by atoms with van der Waals surface area (Å²) in [5.74, 6) is -1.23. The van der Waals surface area contributed by atoms with Crippen LogP contribution in [0.3, 0.4) is 0 Å². The molecular formula is C27H27F2NO3. The standard InChI is InChI=1S/C27H27F2NO3/c1-19(20-8-10-21(11-9-20)24-13-12-23(28)18-25(24)29)30-16-15-27(14-5-17-31,33-26(30)32)22-6-3-2-4-7-22/h2-4,6-13,18-19,31H,5,14-17H2,1H3/t19-,27?/m0/s1. The topological polar surface area (TPSA) is 49.8 Å². The van der Waals surface area contributed by atoms with Crippen LogP contribution in [-0.4, -0.2) is 29.3 Å². The summed E-state index contributed by atoms with van der Waals surface area (Å²) in [7, 11) is 0. The Morgan fingerprint density at radius 2 is 1.79 bits per heavy atom. The smallest absolute Gasteiger partial charge is 0.411 e. The highest BCUT2D eigenvalue weighted by molar-refractivity contribution is 5.70. The summed E-state index contributed by atoms with van der Waals surface area (Å²) in [6, 6.07) is 20.2. The van der Waals surface area contributed by atoms with Crippen LogP contribution in [0, 0.1) is 11.6 Å². The van der Waals surface area contributed by atoms with Gasteiger partial charge in [0.05, 0.1) is 6.04 Å². The zero-order valence-electron chi connectivity index (χ0n) is 18.5. The Morgan fingerprint density at radius 3 is 2.42 bits per heavy atom. The van der Waals surface area contributed by atoms with E-state index in [1.165, 1.54) is 12.1 Å².